The van der Waals surface area contributed by atoms with Crippen molar-refractivity contribution in [2.45, 2.75) is 39.4 Å². The van der Waals surface area contributed by atoms with Crippen molar-refractivity contribution in [2.75, 3.05) is 13.2 Å². The molecule has 1 aromatic rings. The second-order valence-corrected chi connectivity index (χ2v) is 5.79. The van der Waals surface area contributed by atoms with Crippen molar-refractivity contribution < 1.29 is 19.0 Å². The van der Waals surface area contributed by atoms with Crippen molar-refractivity contribution in [2.24, 2.45) is 5.92 Å². The average Bonchev–Trinajstić information content (AvgIpc) is 3.03. The van der Waals surface area contributed by atoms with E-state index in [1.54, 1.807) is 13.0 Å². The van der Waals surface area contributed by atoms with Crippen LogP contribution in [-0.2, 0) is 9.47 Å². The highest BCUT2D eigenvalue weighted by atomic mass is 16.5. The summed E-state index contributed by atoms with van der Waals surface area (Å²) in [6.45, 7) is 7.04. The van der Waals surface area contributed by atoms with Crippen molar-refractivity contribution in [1.29, 1.82) is 0 Å². The van der Waals surface area contributed by atoms with Gasteiger partial charge in [-0.15, -0.1) is 0 Å². The Morgan fingerprint density at radius 1 is 1.45 bits per heavy atom. The highest BCUT2D eigenvalue weighted by Crippen LogP contribution is 2.47. The number of ether oxygens (including phenoxy) is 3. The Hall–Kier alpha value is -1.81. The summed E-state index contributed by atoms with van der Waals surface area (Å²) in [5.41, 5.74) is 2.74. The Kier molecular flexibility index (Phi) is 4.21. The molecule has 22 heavy (non-hydrogen) atoms. The van der Waals surface area contributed by atoms with Gasteiger partial charge in [0.15, 0.2) is 0 Å². The van der Waals surface area contributed by atoms with E-state index in [0.29, 0.717) is 18.1 Å². The molecule has 1 fully saturated rings. The van der Waals surface area contributed by atoms with Crippen molar-refractivity contribution >= 4 is 5.97 Å². The van der Waals surface area contributed by atoms with Crippen LogP contribution in [0.1, 0.15) is 49.2 Å². The molecule has 0 N–H and O–H groups in total. The van der Waals surface area contributed by atoms with Crippen molar-refractivity contribution in [3.63, 3.8) is 0 Å². The first kappa shape index (κ1) is 15.1. The molecule has 0 saturated carbocycles. The Morgan fingerprint density at radius 2 is 2.27 bits per heavy atom. The molecule has 0 spiro atoms. The predicted octanol–water partition coefficient (Wildman–Crippen LogP) is 3.67. The van der Waals surface area contributed by atoms with Gasteiger partial charge in [-0.25, -0.2) is 4.79 Å². The van der Waals surface area contributed by atoms with E-state index in [9.17, 15) is 4.79 Å². The third-order valence-corrected chi connectivity index (χ3v) is 4.51. The van der Waals surface area contributed by atoms with E-state index < -0.39 is 0 Å². The number of hydrogen-bond acceptors (Lipinski definition) is 4. The van der Waals surface area contributed by atoms with Crippen LogP contribution in [0.3, 0.4) is 0 Å². The number of benzene rings is 1. The van der Waals surface area contributed by atoms with Crippen LogP contribution in [0.4, 0.5) is 0 Å². The molecule has 3 rings (SSSR count). The molecule has 118 valence electrons. The van der Waals surface area contributed by atoms with Gasteiger partial charge in [-0.1, -0.05) is 6.08 Å². The lowest BCUT2D eigenvalue weighted by molar-refractivity contribution is 0.0322. The molecule has 4 heteroatoms. The fourth-order valence-electron chi connectivity index (χ4n) is 3.28. The maximum atomic E-state index is 11.9. The van der Waals surface area contributed by atoms with Crippen LogP contribution in [0.5, 0.6) is 5.75 Å². The first-order valence-electron chi connectivity index (χ1n) is 7.87. The maximum Gasteiger partial charge on any atom is 0.338 e. The number of rotatable bonds is 3. The summed E-state index contributed by atoms with van der Waals surface area (Å²) in [5.74, 6) is 0.815. The minimum atomic E-state index is -0.299. The summed E-state index contributed by atoms with van der Waals surface area (Å²) in [4.78, 5) is 11.9. The zero-order valence-electron chi connectivity index (χ0n) is 13.3. The van der Waals surface area contributed by atoms with E-state index in [2.05, 4.69) is 13.0 Å². The van der Waals surface area contributed by atoms with E-state index >= 15 is 0 Å². The first-order chi connectivity index (χ1) is 10.7. The van der Waals surface area contributed by atoms with Gasteiger partial charge in [0.05, 0.1) is 18.3 Å². The summed E-state index contributed by atoms with van der Waals surface area (Å²) in [5, 5.41) is 0. The van der Waals surface area contributed by atoms with Crippen molar-refractivity contribution in [1.82, 2.24) is 0 Å². The van der Waals surface area contributed by atoms with Crippen LogP contribution in [0, 0.1) is 5.92 Å². The summed E-state index contributed by atoms with van der Waals surface area (Å²) >= 11 is 0. The molecule has 2 aliphatic rings. The topological polar surface area (TPSA) is 44.8 Å². The Morgan fingerprint density at radius 3 is 3.00 bits per heavy atom. The molecule has 0 unspecified atom stereocenters. The second-order valence-electron chi connectivity index (χ2n) is 5.79. The number of allylic oxidation sites excluding steroid dienone is 1. The molecule has 3 atom stereocenters. The monoisotopic (exact) mass is 302 g/mol. The van der Waals surface area contributed by atoms with Crippen LogP contribution >= 0.6 is 0 Å². The number of fused-ring (bicyclic) bond motifs is 3. The average molecular weight is 302 g/mol. The van der Waals surface area contributed by atoms with E-state index in [1.807, 2.05) is 19.1 Å². The number of carbonyl (C=O) groups is 1. The molecule has 0 aliphatic carbocycles. The van der Waals surface area contributed by atoms with Gasteiger partial charge in [-0.3, -0.25) is 0 Å². The van der Waals surface area contributed by atoms with Crippen LogP contribution in [-0.4, -0.2) is 25.3 Å². The van der Waals surface area contributed by atoms with Gasteiger partial charge in [0.2, 0.25) is 0 Å². The summed E-state index contributed by atoms with van der Waals surface area (Å²) in [7, 11) is 0. The third-order valence-electron chi connectivity index (χ3n) is 4.51. The number of hydrogen-bond donors (Lipinski definition) is 0. The van der Waals surface area contributed by atoms with Crippen LogP contribution in [0.15, 0.2) is 29.8 Å². The lowest BCUT2D eigenvalue weighted by Crippen LogP contribution is -2.35. The Labute approximate surface area is 131 Å². The van der Waals surface area contributed by atoms with Gasteiger partial charge in [-0.2, -0.15) is 0 Å². The molecule has 2 aliphatic heterocycles. The van der Waals surface area contributed by atoms with E-state index in [0.717, 1.165) is 24.3 Å². The smallest absolute Gasteiger partial charge is 0.338 e. The molecule has 1 saturated heterocycles. The van der Waals surface area contributed by atoms with Gasteiger partial charge in [0.25, 0.3) is 0 Å². The highest BCUT2D eigenvalue weighted by Gasteiger charge is 2.43. The molecule has 0 amide bonds. The lowest BCUT2D eigenvalue weighted by Gasteiger charge is -2.35. The quantitative estimate of drug-likeness (QED) is 0.631. The summed E-state index contributed by atoms with van der Waals surface area (Å²) in [6, 6.07) is 5.47. The largest absolute Gasteiger partial charge is 0.485 e. The number of esters is 1. The molecule has 2 heterocycles. The van der Waals surface area contributed by atoms with Gasteiger partial charge in [0.1, 0.15) is 11.9 Å². The van der Waals surface area contributed by atoms with E-state index in [-0.39, 0.29) is 18.2 Å². The van der Waals surface area contributed by atoms with Crippen LogP contribution < -0.4 is 4.74 Å². The van der Waals surface area contributed by atoms with E-state index in [4.69, 9.17) is 14.2 Å². The van der Waals surface area contributed by atoms with Gasteiger partial charge in [0, 0.05) is 18.1 Å². The SMILES string of the molecule is C/C=C(\C)[C@H]1Oc2ccc(C(=O)OCC)cc2[C@H]2OCC[C@H]12. The van der Waals surface area contributed by atoms with E-state index in [1.165, 1.54) is 5.57 Å². The first-order valence-corrected chi connectivity index (χ1v) is 7.87. The van der Waals surface area contributed by atoms with Gasteiger partial charge in [-0.05, 0) is 51.0 Å². The van der Waals surface area contributed by atoms with Crippen molar-refractivity contribution in [3.05, 3.63) is 41.0 Å². The minimum Gasteiger partial charge on any atom is -0.485 e. The zero-order chi connectivity index (χ0) is 15.7. The fourth-order valence-corrected chi connectivity index (χ4v) is 3.28. The predicted molar refractivity (Wildman–Crippen MR) is 83.0 cm³/mol. The number of carbonyl (C=O) groups excluding carboxylic acids is 1. The molecule has 1 aromatic carbocycles. The standard InChI is InChI=1S/C18H22O4/c1-4-11(3)16-13-8-9-21-17(13)14-10-12(18(19)20-5-2)6-7-15(14)22-16/h4,6-7,10,13,16-17H,5,8-9H2,1-3H3/b11-4+/t13-,16-,17+/m1/s1. The second kappa shape index (κ2) is 6.13. The summed E-state index contributed by atoms with van der Waals surface area (Å²) < 4.78 is 17.2. The van der Waals surface area contributed by atoms with Gasteiger partial charge < -0.3 is 14.2 Å². The molecule has 0 aromatic heterocycles. The van der Waals surface area contributed by atoms with Crippen LogP contribution in [0.2, 0.25) is 0 Å². The van der Waals surface area contributed by atoms with Crippen molar-refractivity contribution in [3.8, 4) is 5.75 Å². The molecule has 0 radical (unpaired) electrons. The highest BCUT2D eigenvalue weighted by molar-refractivity contribution is 5.90. The molecule has 0 bridgehead atoms. The third kappa shape index (κ3) is 2.52. The Balaban J connectivity index is 1.97. The Bertz CT molecular complexity index is 605. The fraction of sp³-hybridized carbons (Fsp3) is 0.500. The molecule has 4 nitrogen and oxygen atoms in total. The van der Waals surface area contributed by atoms with Gasteiger partial charge >= 0.3 is 5.97 Å². The minimum absolute atomic E-state index is 0.00183. The lowest BCUT2D eigenvalue weighted by atomic mass is 9.84. The normalized spacial score (nSPS) is 26.9. The molecular weight excluding hydrogens is 280 g/mol. The molecular formula is C18H22O4. The zero-order valence-corrected chi connectivity index (χ0v) is 13.3. The maximum absolute atomic E-state index is 11.9. The van der Waals surface area contributed by atoms with Crippen LogP contribution in [0.25, 0.3) is 0 Å². The summed E-state index contributed by atoms with van der Waals surface area (Å²) in [6.07, 6.45) is 3.12.